The number of likely N-dealkylation sites (N-methyl/N-ethyl adjacent to an activating group) is 1. The van der Waals surface area contributed by atoms with Gasteiger partial charge >= 0.3 is 0 Å². The van der Waals surface area contributed by atoms with Crippen molar-refractivity contribution in [3.8, 4) is 0 Å². The number of amides is 1. The van der Waals surface area contributed by atoms with Crippen molar-refractivity contribution >= 4 is 5.91 Å². The highest BCUT2D eigenvalue weighted by Crippen LogP contribution is 2.19. The molecule has 0 aliphatic carbocycles. The first-order valence-corrected chi connectivity index (χ1v) is 5.98. The van der Waals surface area contributed by atoms with Gasteiger partial charge in [0.25, 0.3) is 0 Å². The topological polar surface area (TPSA) is 58.4 Å². The van der Waals surface area contributed by atoms with E-state index in [1.54, 1.807) is 0 Å². The molecule has 0 aromatic heterocycles. The van der Waals surface area contributed by atoms with E-state index in [9.17, 15) is 4.79 Å². The predicted octanol–water partition coefficient (Wildman–Crippen LogP) is 0.818. The summed E-state index contributed by atoms with van der Waals surface area (Å²) in [6.45, 7) is 10.8. The molecule has 0 rings (SSSR count). The van der Waals surface area contributed by atoms with Gasteiger partial charge in [-0.25, -0.2) is 0 Å². The van der Waals surface area contributed by atoms with Crippen LogP contribution in [0.25, 0.3) is 0 Å². The Morgan fingerprint density at radius 2 is 2.00 bits per heavy atom. The third-order valence-corrected chi connectivity index (χ3v) is 2.87. The minimum absolute atomic E-state index is 0.0163. The quantitative estimate of drug-likeness (QED) is 0.709. The third-order valence-electron chi connectivity index (χ3n) is 2.87. The van der Waals surface area contributed by atoms with Crippen LogP contribution in [0.3, 0.4) is 0 Å². The second-order valence-electron chi connectivity index (χ2n) is 5.42. The van der Waals surface area contributed by atoms with Gasteiger partial charge in [-0.15, -0.1) is 0 Å². The number of nitrogens with zero attached hydrogens (tertiary/aromatic N) is 1. The number of hydrogen-bond donors (Lipinski definition) is 2. The average Bonchev–Trinajstić information content (AvgIpc) is 2.15. The Morgan fingerprint density at radius 1 is 1.44 bits per heavy atom. The van der Waals surface area contributed by atoms with Crippen molar-refractivity contribution in [2.45, 2.75) is 40.2 Å². The Bertz CT molecular complexity index is 211. The van der Waals surface area contributed by atoms with Crippen LogP contribution in [0.4, 0.5) is 0 Å². The molecule has 96 valence electrons. The highest BCUT2D eigenvalue weighted by molar-refractivity contribution is 5.76. The minimum atomic E-state index is -0.0867. The van der Waals surface area contributed by atoms with E-state index in [2.05, 4.69) is 37.9 Å². The lowest BCUT2D eigenvalue weighted by Gasteiger charge is -2.26. The van der Waals surface area contributed by atoms with E-state index in [1.165, 1.54) is 0 Å². The van der Waals surface area contributed by atoms with Crippen LogP contribution in [0.2, 0.25) is 0 Å². The second-order valence-corrected chi connectivity index (χ2v) is 5.42. The van der Waals surface area contributed by atoms with E-state index in [-0.39, 0.29) is 17.4 Å². The first-order chi connectivity index (χ1) is 7.27. The molecule has 4 nitrogen and oxygen atoms in total. The van der Waals surface area contributed by atoms with E-state index in [0.717, 1.165) is 13.1 Å². The summed E-state index contributed by atoms with van der Waals surface area (Å²) in [5, 5.41) is 2.89. The Kier molecular flexibility index (Phi) is 6.60. The van der Waals surface area contributed by atoms with Crippen molar-refractivity contribution in [2.75, 3.05) is 26.7 Å². The van der Waals surface area contributed by atoms with E-state index in [4.69, 9.17) is 5.73 Å². The van der Waals surface area contributed by atoms with Crippen LogP contribution in [-0.2, 0) is 4.79 Å². The molecule has 0 saturated heterocycles. The number of nitrogens with two attached hydrogens (primary N) is 1. The summed E-state index contributed by atoms with van der Waals surface area (Å²) >= 11 is 0. The summed E-state index contributed by atoms with van der Waals surface area (Å²) in [7, 11) is 2.03. The van der Waals surface area contributed by atoms with Crippen LogP contribution < -0.4 is 11.1 Å². The number of carbonyl (C=O) groups is 1. The molecule has 0 fully saturated rings. The highest BCUT2D eigenvalue weighted by Gasteiger charge is 2.22. The van der Waals surface area contributed by atoms with E-state index in [1.807, 2.05) is 7.05 Å². The van der Waals surface area contributed by atoms with Gasteiger partial charge in [0.05, 0.1) is 0 Å². The zero-order chi connectivity index (χ0) is 12.8. The van der Waals surface area contributed by atoms with Gasteiger partial charge in [-0.1, -0.05) is 27.7 Å². The third kappa shape index (κ3) is 6.80. The molecular formula is C12H27N3O. The van der Waals surface area contributed by atoms with Gasteiger partial charge in [-0.2, -0.15) is 0 Å². The van der Waals surface area contributed by atoms with Crippen LogP contribution in [0.5, 0.6) is 0 Å². The molecule has 16 heavy (non-hydrogen) atoms. The molecule has 3 N–H and O–H groups in total. The fraction of sp³-hybridized carbons (Fsp3) is 0.917. The van der Waals surface area contributed by atoms with Gasteiger partial charge in [-0.3, -0.25) is 4.79 Å². The molecule has 0 bridgehead atoms. The van der Waals surface area contributed by atoms with Crippen molar-refractivity contribution in [3.05, 3.63) is 0 Å². The summed E-state index contributed by atoms with van der Waals surface area (Å²) in [5.41, 5.74) is 5.92. The highest BCUT2D eigenvalue weighted by atomic mass is 16.1. The molecule has 1 atom stereocenters. The number of hydrogen-bond acceptors (Lipinski definition) is 3. The molecule has 4 heteroatoms. The number of rotatable bonds is 6. The van der Waals surface area contributed by atoms with E-state index in [0.29, 0.717) is 13.0 Å². The lowest BCUT2D eigenvalue weighted by molar-refractivity contribution is -0.121. The normalized spacial score (nSPS) is 13.9. The standard InChI is InChI=1S/C12H27N3O/c1-6-15(5)8-7-14-11(16)9-10(13)12(2,3)4/h10H,6-9,13H2,1-5H3,(H,14,16). The van der Waals surface area contributed by atoms with Gasteiger partial charge in [0.15, 0.2) is 0 Å². The lowest BCUT2D eigenvalue weighted by Crippen LogP contribution is -2.41. The number of nitrogens with one attached hydrogen (secondary N) is 1. The van der Waals surface area contributed by atoms with Gasteiger partial charge in [-0.05, 0) is 19.0 Å². The zero-order valence-corrected chi connectivity index (χ0v) is 11.3. The smallest absolute Gasteiger partial charge is 0.221 e. The summed E-state index contributed by atoms with van der Waals surface area (Å²) in [5.74, 6) is 0.0481. The molecule has 0 radical (unpaired) electrons. The van der Waals surface area contributed by atoms with Crippen LogP contribution >= 0.6 is 0 Å². The first kappa shape index (κ1) is 15.4. The van der Waals surface area contributed by atoms with Crippen LogP contribution in [0.1, 0.15) is 34.1 Å². The second kappa shape index (κ2) is 6.86. The molecule has 1 unspecified atom stereocenters. The maximum Gasteiger partial charge on any atom is 0.221 e. The van der Waals surface area contributed by atoms with Crippen molar-refractivity contribution in [1.82, 2.24) is 10.2 Å². The Hall–Kier alpha value is -0.610. The largest absolute Gasteiger partial charge is 0.355 e. The molecular weight excluding hydrogens is 202 g/mol. The van der Waals surface area contributed by atoms with E-state index >= 15 is 0 Å². The monoisotopic (exact) mass is 229 g/mol. The Labute approximate surface area is 99.6 Å². The predicted molar refractivity (Wildman–Crippen MR) is 68.2 cm³/mol. The molecule has 0 aromatic rings. The Balaban J connectivity index is 3.75. The molecule has 0 aliphatic heterocycles. The maximum absolute atomic E-state index is 11.6. The van der Waals surface area contributed by atoms with Crippen LogP contribution in [0, 0.1) is 5.41 Å². The maximum atomic E-state index is 11.6. The minimum Gasteiger partial charge on any atom is -0.355 e. The van der Waals surface area contributed by atoms with Gasteiger partial charge in [0.2, 0.25) is 5.91 Å². The fourth-order valence-corrected chi connectivity index (χ4v) is 1.12. The summed E-state index contributed by atoms with van der Waals surface area (Å²) in [4.78, 5) is 13.7. The van der Waals surface area contributed by atoms with Crippen molar-refractivity contribution < 1.29 is 4.79 Å². The molecule has 0 heterocycles. The Morgan fingerprint density at radius 3 is 2.44 bits per heavy atom. The molecule has 0 spiro atoms. The van der Waals surface area contributed by atoms with E-state index < -0.39 is 0 Å². The summed E-state index contributed by atoms with van der Waals surface area (Å²) in [6, 6.07) is -0.0867. The van der Waals surface area contributed by atoms with Gasteiger partial charge < -0.3 is 16.0 Å². The SMILES string of the molecule is CCN(C)CCNC(=O)CC(N)C(C)(C)C. The average molecular weight is 229 g/mol. The lowest BCUT2D eigenvalue weighted by atomic mass is 9.85. The molecule has 0 aromatic carbocycles. The van der Waals surface area contributed by atoms with Crippen LogP contribution in [-0.4, -0.2) is 43.5 Å². The molecule has 1 amide bonds. The van der Waals surface area contributed by atoms with Gasteiger partial charge in [0.1, 0.15) is 0 Å². The van der Waals surface area contributed by atoms with Crippen molar-refractivity contribution in [1.29, 1.82) is 0 Å². The summed E-state index contributed by atoms with van der Waals surface area (Å²) < 4.78 is 0. The molecule has 0 saturated carbocycles. The van der Waals surface area contributed by atoms with Crippen molar-refractivity contribution in [3.63, 3.8) is 0 Å². The van der Waals surface area contributed by atoms with Crippen LogP contribution in [0.15, 0.2) is 0 Å². The fourth-order valence-electron chi connectivity index (χ4n) is 1.12. The first-order valence-electron chi connectivity index (χ1n) is 5.98. The summed E-state index contributed by atoms with van der Waals surface area (Å²) in [6.07, 6.45) is 0.402. The van der Waals surface area contributed by atoms with Crippen molar-refractivity contribution in [2.24, 2.45) is 11.1 Å². The molecule has 0 aliphatic rings. The zero-order valence-electron chi connectivity index (χ0n) is 11.3. The van der Waals surface area contributed by atoms with Gasteiger partial charge in [0, 0.05) is 25.6 Å². The number of carbonyl (C=O) groups excluding carboxylic acids is 1.